The van der Waals surface area contributed by atoms with Crippen LogP contribution < -0.4 is 5.76 Å². The predicted molar refractivity (Wildman–Crippen MR) is 74.9 cm³/mol. The van der Waals surface area contributed by atoms with Gasteiger partial charge in [-0.3, -0.25) is 0 Å². The van der Waals surface area contributed by atoms with E-state index in [4.69, 9.17) is 8.83 Å². The summed E-state index contributed by atoms with van der Waals surface area (Å²) in [4.78, 5) is 11.7. The number of alkyl halides is 3. The fraction of sp³-hybridized carbons (Fsp3) is 0.200. The molecule has 0 fully saturated rings. The third-order valence-corrected chi connectivity index (χ3v) is 3.31. The number of furan rings is 1. The van der Waals surface area contributed by atoms with E-state index in [9.17, 15) is 23.1 Å². The molecule has 1 aromatic carbocycles. The molecule has 0 aliphatic rings. The maximum Gasteiger partial charge on any atom is 0.437 e. The van der Waals surface area contributed by atoms with Crippen LogP contribution in [0.1, 0.15) is 17.2 Å². The van der Waals surface area contributed by atoms with Crippen LogP contribution in [0.15, 0.2) is 56.3 Å². The first-order valence-corrected chi connectivity index (χ1v) is 6.81. The Bertz CT molecular complexity index is 864. The Morgan fingerprint density at radius 3 is 2.50 bits per heavy atom. The second kappa shape index (κ2) is 6.00. The van der Waals surface area contributed by atoms with Crippen LogP contribution in [0, 0.1) is 0 Å². The van der Waals surface area contributed by atoms with Crippen molar-refractivity contribution < 1.29 is 27.1 Å². The van der Waals surface area contributed by atoms with Crippen LogP contribution in [-0.4, -0.2) is 14.9 Å². The molecule has 0 saturated carbocycles. The molecule has 1 atom stereocenters. The molecule has 0 spiro atoms. The summed E-state index contributed by atoms with van der Waals surface area (Å²) in [5.41, 5.74) is -0.602. The van der Waals surface area contributed by atoms with E-state index in [-0.39, 0.29) is 23.8 Å². The van der Waals surface area contributed by atoms with Gasteiger partial charge in [0.15, 0.2) is 5.76 Å². The van der Waals surface area contributed by atoms with E-state index in [1.165, 1.54) is 6.26 Å². The Balaban J connectivity index is 1.78. The molecule has 1 unspecified atom stereocenters. The van der Waals surface area contributed by atoms with Crippen molar-refractivity contribution in [2.75, 3.05) is 0 Å². The highest BCUT2D eigenvalue weighted by Gasteiger charge is 2.30. The van der Waals surface area contributed by atoms with Crippen LogP contribution in [0.3, 0.4) is 0 Å². The lowest BCUT2D eigenvalue weighted by molar-refractivity contribution is -0.137. The lowest BCUT2D eigenvalue weighted by Crippen LogP contribution is -2.20. The Morgan fingerprint density at radius 2 is 1.92 bits per heavy atom. The highest BCUT2D eigenvalue weighted by Crippen LogP contribution is 2.30. The van der Waals surface area contributed by atoms with Crippen molar-refractivity contribution in [3.63, 3.8) is 0 Å². The molecule has 0 bridgehead atoms. The van der Waals surface area contributed by atoms with Crippen LogP contribution >= 0.6 is 0 Å². The number of aliphatic hydroxyl groups excluding tert-OH is 1. The smallest absolute Gasteiger partial charge is 0.437 e. The first-order valence-electron chi connectivity index (χ1n) is 6.81. The summed E-state index contributed by atoms with van der Waals surface area (Å²) in [6.07, 6.45) is -4.30. The first-order chi connectivity index (χ1) is 11.3. The summed E-state index contributed by atoms with van der Waals surface area (Å²) in [6, 6.07) is 7.14. The largest absolute Gasteiger partial charge is 0.459 e. The number of aromatic nitrogens is 2. The van der Waals surface area contributed by atoms with Crippen LogP contribution in [-0.2, 0) is 12.7 Å². The van der Waals surface area contributed by atoms with Crippen molar-refractivity contribution in [3.05, 3.63) is 64.3 Å². The lowest BCUT2D eigenvalue weighted by atomic mass is 10.1. The fourth-order valence-corrected chi connectivity index (χ4v) is 2.08. The standard InChI is InChI=1S/C15H11F3N2O4/c16-15(17,18)10-5-3-9(4-6-10)11(21)8-20-14(22)24-13(19-20)12-2-1-7-23-12/h1-7,11,21H,8H2. The molecule has 0 radical (unpaired) electrons. The summed E-state index contributed by atoms with van der Waals surface area (Å²) >= 11 is 0. The molecule has 0 amide bonds. The minimum Gasteiger partial charge on any atom is -0.459 e. The van der Waals surface area contributed by atoms with Gasteiger partial charge in [0.25, 0.3) is 5.89 Å². The van der Waals surface area contributed by atoms with E-state index < -0.39 is 23.6 Å². The van der Waals surface area contributed by atoms with Gasteiger partial charge < -0.3 is 13.9 Å². The zero-order chi connectivity index (χ0) is 17.3. The first kappa shape index (κ1) is 16.1. The third-order valence-electron chi connectivity index (χ3n) is 3.31. The maximum atomic E-state index is 12.5. The summed E-state index contributed by atoms with van der Waals surface area (Å²) in [5.74, 6) is -0.619. The molecule has 2 heterocycles. The quantitative estimate of drug-likeness (QED) is 0.790. The number of rotatable bonds is 4. The predicted octanol–water partition coefficient (Wildman–Crippen LogP) is 2.85. The molecular formula is C15H11F3N2O4. The van der Waals surface area contributed by atoms with E-state index in [0.717, 1.165) is 28.9 Å². The van der Waals surface area contributed by atoms with Crippen molar-refractivity contribution in [1.29, 1.82) is 0 Å². The molecule has 3 rings (SSSR count). The van der Waals surface area contributed by atoms with Crippen LogP contribution in [0.2, 0.25) is 0 Å². The van der Waals surface area contributed by atoms with E-state index >= 15 is 0 Å². The van der Waals surface area contributed by atoms with Gasteiger partial charge in [-0.2, -0.15) is 17.9 Å². The fourth-order valence-electron chi connectivity index (χ4n) is 2.08. The Labute approximate surface area is 132 Å². The van der Waals surface area contributed by atoms with Gasteiger partial charge in [0.1, 0.15) is 0 Å². The summed E-state index contributed by atoms with van der Waals surface area (Å²) < 4.78 is 48.4. The van der Waals surface area contributed by atoms with E-state index in [0.29, 0.717) is 0 Å². The van der Waals surface area contributed by atoms with Gasteiger partial charge in [0.2, 0.25) is 0 Å². The second-order valence-corrected chi connectivity index (χ2v) is 4.97. The molecule has 24 heavy (non-hydrogen) atoms. The molecule has 0 aliphatic heterocycles. The number of nitrogens with zero attached hydrogens (tertiary/aromatic N) is 2. The Morgan fingerprint density at radius 1 is 1.21 bits per heavy atom. The maximum absolute atomic E-state index is 12.5. The average Bonchev–Trinajstić information content (AvgIpc) is 3.17. The normalized spacial score (nSPS) is 13.2. The van der Waals surface area contributed by atoms with Crippen LogP contribution in [0.25, 0.3) is 11.7 Å². The number of hydrogen-bond donors (Lipinski definition) is 1. The van der Waals surface area contributed by atoms with E-state index in [1.54, 1.807) is 12.1 Å². The van der Waals surface area contributed by atoms with Crippen molar-refractivity contribution in [3.8, 4) is 11.7 Å². The summed E-state index contributed by atoms with van der Waals surface area (Å²) in [6.45, 7) is -0.269. The number of hydrogen-bond acceptors (Lipinski definition) is 5. The van der Waals surface area contributed by atoms with Gasteiger partial charge in [-0.05, 0) is 29.8 Å². The highest BCUT2D eigenvalue weighted by atomic mass is 19.4. The van der Waals surface area contributed by atoms with Crippen molar-refractivity contribution in [2.24, 2.45) is 0 Å². The third kappa shape index (κ3) is 3.25. The van der Waals surface area contributed by atoms with E-state index in [2.05, 4.69) is 5.10 Å². The summed E-state index contributed by atoms with van der Waals surface area (Å²) in [5, 5.41) is 14.0. The molecule has 1 N–H and O–H groups in total. The van der Waals surface area contributed by atoms with Crippen molar-refractivity contribution in [2.45, 2.75) is 18.8 Å². The number of benzene rings is 1. The van der Waals surface area contributed by atoms with Gasteiger partial charge in [-0.1, -0.05) is 12.1 Å². The molecule has 126 valence electrons. The zero-order valence-corrected chi connectivity index (χ0v) is 12.0. The van der Waals surface area contributed by atoms with Gasteiger partial charge in [-0.25, -0.2) is 4.79 Å². The number of halogens is 3. The number of aliphatic hydroxyl groups is 1. The van der Waals surface area contributed by atoms with Gasteiger partial charge in [0.05, 0.1) is 24.5 Å². The molecular weight excluding hydrogens is 329 g/mol. The zero-order valence-electron chi connectivity index (χ0n) is 12.0. The topological polar surface area (TPSA) is 81.4 Å². The minimum atomic E-state index is -4.45. The molecule has 0 saturated heterocycles. The van der Waals surface area contributed by atoms with Gasteiger partial charge in [-0.15, -0.1) is 5.10 Å². The van der Waals surface area contributed by atoms with Crippen LogP contribution in [0.5, 0.6) is 0 Å². The molecule has 2 aromatic heterocycles. The Kier molecular flexibility index (Phi) is 4.02. The highest BCUT2D eigenvalue weighted by molar-refractivity contribution is 5.42. The van der Waals surface area contributed by atoms with Crippen LogP contribution in [0.4, 0.5) is 13.2 Å². The molecule has 9 heteroatoms. The molecule has 6 nitrogen and oxygen atoms in total. The Hall–Kier alpha value is -2.81. The monoisotopic (exact) mass is 340 g/mol. The SMILES string of the molecule is O=c1oc(-c2ccco2)nn1CC(O)c1ccc(C(F)(F)F)cc1. The van der Waals surface area contributed by atoms with Gasteiger partial charge >= 0.3 is 11.9 Å². The molecule has 3 aromatic rings. The average molecular weight is 340 g/mol. The minimum absolute atomic E-state index is 0.0513. The van der Waals surface area contributed by atoms with Crippen molar-refractivity contribution in [1.82, 2.24) is 9.78 Å². The second-order valence-electron chi connectivity index (χ2n) is 4.97. The van der Waals surface area contributed by atoms with E-state index in [1.807, 2.05) is 0 Å². The van der Waals surface area contributed by atoms with Crippen molar-refractivity contribution >= 4 is 0 Å². The summed E-state index contributed by atoms with van der Waals surface area (Å²) in [7, 11) is 0. The lowest BCUT2D eigenvalue weighted by Gasteiger charge is -2.12. The van der Waals surface area contributed by atoms with Gasteiger partial charge in [0, 0.05) is 0 Å². The molecule has 0 aliphatic carbocycles.